The van der Waals surface area contributed by atoms with E-state index in [4.69, 9.17) is 9.15 Å². The predicted molar refractivity (Wildman–Crippen MR) is 104 cm³/mol. The summed E-state index contributed by atoms with van der Waals surface area (Å²) in [5, 5.41) is 19.3. The number of nitrogens with zero attached hydrogens (tertiary/aromatic N) is 3. The van der Waals surface area contributed by atoms with Crippen LogP contribution in [0.1, 0.15) is 5.89 Å². The molecule has 2 aliphatic rings. The van der Waals surface area contributed by atoms with Gasteiger partial charge < -0.3 is 24.1 Å². The molecule has 0 bridgehead atoms. The molecular weight excluding hydrogens is 444 g/mol. The second-order valence-electron chi connectivity index (χ2n) is 6.18. The number of hydrogen-bond donors (Lipinski definition) is 2. The molecule has 1 aromatic rings. The van der Waals surface area contributed by atoms with E-state index in [1.807, 2.05) is 0 Å². The zero-order valence-corrected chi connectivity index (χ0v) is 18.1. The fourth-order valence-electron chi connectivity index (χ4n) is 2.97. The van der Waals surface area contributed by atoms with E-state index in [1.165, 1.54) is 36.9 Å². The maximum absolute atomic E-state index is 12.9. The summed E-state index contributed by atoms with van der Waals surface area (Å²) in [5.41, 5.74) is -1.33. The molecule has 1 saturated heterocycles. The number of hydrogen-bond acceptors (Lipinski definition) is 10. The van der Waals surface area contributed by atoms with Gasteiger partial charge in [0, 0.05) is 25.5 Å². The maximum Gasteiger partial charge on any atom is 0.352 e. The Morgan fingerprint density at radius 1 is 1.55 bits per heavy atom. The lowest BCUT2D eigenvalue weighted by Crippen LogP contribution is -2.81. The normalized spacial score (nSPS) is 24.8. The molecule has 3 atom stereocenters. The molecule has 3 rings (SSSR count). The average molecular weight is 463 g/mol. The van der Waals surface area contributed by atoms with Crippen LogP contribution in [0.2, 0.25) is 0 Å². The molecule has 0 aliphatic carbocycles. The number of fused-ring (bicyclic) bond motifs is 1. The fourth-order valence-corrected chi connectivity index (χ4v) is 5.79. The number of carboxylic acids is 1. The minimum Gasteiger partial charge on any atom is -0.616 e. The number of thioether (sulfide) groups is 2. The minimum atomic E-state index is -1.69. The highest BCUT2D eigenvalue weighted by molar-refractivity contribution is 8.01. The Morgan fingerprint density at radius 3 is 2.83 bits per heavy atom. The molecule has 0 aromatic carbocycles. The number of methoxy groups -OCH3 is 1. The van der Waals surface area contributed by atoms with Crippen LogP contribution in [0.3, 0.4) is 0 Å². The second kappa shape index (κ2) is 8.55. The molecule has 0 spiro atoms. The number of β-lactam (4-membered cyclic amide) rings is 1. The first kappa shape index (κ1) is 22.0. The van der Waals surface area contributed by atoms with E-state index < -0.39 is 40.1 Å². The molecule has 0 radical (unpaired) electrons. The largest absolute Gasteiger partial charge is 0.616 e. The van der Waals surface area contributed by atoms with Crippen LogP contribution < -0.4 is 5.32 Å². The van der Waals surface area contributed by atoms with Gasteiger partial charge >= 0.3 is 5.97 Å². The predicted octanol–water partition coefficient (Wildman–Crippen LogP) is -0.439. The average Bonchev–Trinajstić information content (AvgIpc) is 3.07. The highest BCUT2D eigenvalue weighted by Gasteiger charge is 2.66. The molecule has 11 nitrogen and oxygen atoms in total. The number of aryl methyl sites for hydroxylation is 1. The van der Waals surface area contributed by atoms with Crippen LogP contribution in [-0.4, -0.2) is 84.3 Å². The van der Waals surface area contributed by atoms with Crippen LogP contribution in [0, 0.1) is 6.92 Å². The summed E-state index contributed by atoms with van der Waals surface area (Å²) in [5.74, 6) is -1.92. The Bertz CT molecular complexity index is 874. The SMILES string of the molecule is CO[C@@]1(NC(=O)C[S+](C)[O-])C(=O)N2C(C(=O)O)=C(CSc3nnc(C)o3)CS[C@@H]21. The summed E-state index contributed by atoms with van der Waals surface area (Å²) >= 11 is 1.04. The summed E-state index contributed by atoms with van der Waals surface area (Å²) < 4.78 is 21.9. The molecule has 2 N–H and O–H groups in total. The van der Waals surface area contributed by atoms with Gasteiger partial charge in [-0.1, -0.05) is 11.8 Å². The molecule has 1 aromatic heterocycles. The number of ether oxygens (including phenoxy) is 1. The van der Waals surface area contributed by atoms with Gasteiger partial charge in [0.25, 0.3) is 22.8 Å². The van der Waals surface area contributed by atoms with E-state index >= 15 is 0 Å². The van der Waals surface area contributed by atoms with E-state index in [0.717, 1.165) is 4.90 Å². The highest BCUT2D eigenvalue weighted by Crippen LogP contribution is 2.47. The summed E-state index contributed by atoms with van der Waals surface area (Å²) in [6, 6.07) is 0. The van der Waals surface area contributed by atoms with E-state index in [0.29, 0.717) is 22.4 Å². The first-order valence-electron chi connectivity index (χ1n) is 8.19. The second-order valence-corrected chi connectivity index (χ2v) is 9.61. The van der Waals surface area contributed by atoms with Gasteiger partial charge in [0.15, 0.2) is 5.75 Å². The van der Waals surface area contributed by atoms with Crippen LogP contribution >= 0.6 is 23.5 Å². The van der Waals surface area contributed by atoms with Crippen LogP contribution in [-0.2, 0) is 30.3 Å². The zero-order valence-electron chi connectivity index (χ0n) is 15.7. The Hall–Kier alpha value is -1.74. The molecular formula is C15H18N4O7S3. The van der Waals surface area contributed by atoms with E-state index in [-0.39, 0.29) is 17.2 Å². The zero-order chi connectivity index (χ0) is 21.3. The summed E-state index contributed by atoms with van der Waals surface area (Å²) in [7, 11) is 1.26. The first-order chi connectivity index (χ1) is 13.7. The summed E-state index contributed by atoms with van der Waals surface area (Å²) in [6.07, 6.45) is 1.36. The molecule has 14 heteroatoms. The van der Waals surface area contributed by atoms with E-state index in [1.54, 1.807) is 6.92 Å². The van der Waals surface area contributed by atoms with Gasteiger partial charge in [0.05, 0.1) is 6.26 Å². The third-order valence-corrected chi connectivity index (χ3v) is 7.12. The number of carbonyl (C=O) groups excluding carboxylic acids is 2. The van der Waals surface area contributed by atoms with Crippen molar-refractivity contribution in [2.45, 2.75) is 23.2 Å². The topological polar surface area (TPSA) is 158 Å². The van der Waals surface area contributed by atoms with Gasteiger partial charge in [-0.05, 0) is 16.7 Å². The van der Waals surface area contributed by atoms with Crippen molar-refractivity contribution in [3.05, 3.63) is 17.2 Å². The number of aromatic nitrogens is 2. The van der Waals surface area contributed by atoms with Crippen molar-refractivity contribution in [2.75, 3.05) is 30.6 Å². The quantitative estimate of drug-likeness (QED) is 0.223. The summed E-state index contributed by atoms with van der Waals surface area (Å²) in [6.45, 7) is 1.64. The molecule has 0 saturated carbocycles. The third-order valence-electron chi connectivity index (χ3n) is 4.17. The van der Waals surface area contributed by atoms with Crippen molar-refractivity contribution < 1.29 is 33.2 Å². The standard InChI is InChI=1S/C15H18N4O7S3/c1-7-17-18-14(26-7)28-5-8-4-27-13-15(25-2,16-9(20)6-29(3)24)12(23)19(13)10(8)11(21)22/h13H,4-6H2,1-3H3,(H,16,20)(H,21,22)/t13-,15+,29?/m1/s1. The van der Waals surface area contributed by atoms with Crippen molar-refractivity contribution in [3.8, 4) is 0 Å². The van der Waals surface area contributed by atoms with Gasteiger partial charge in [0.2, 0.25) is 5.89 Å². The van der Waals surface area contributed by atoms with Crippen LogP contribution in [0.15, 0.2) is 20.9 Å². The molecule has 1 unspecified atom stereocenters. The maximum atomic E-state index is 12.9. The molecule has 29 heavy (non-hydrogen) atoms. The fraction of sp³-hybridized carbons (Fsp3) is 0.533. The lowest BCUT2D eigenvalue weighted by atomic mass is 9.98. The number of nitrogens with one attached hydrogen (secondary N) is 1. The number of amides is 2. The molecule has 2 amide bonds. The number of rotatable bonds is 8. The Balaban J connectivity index is 1.81. The Kier molecular flexibility index (Phi) is 6.48. The van der Waals surface area contributed by atoms with Crippen molar-refractivity contribution in [1.29, 1.82) is 0 Å². The molecule has 3 heterocycles. The van der Waals surface area contributed by atoms with Gasteiger partial charge in [-0.3, -0.25) is 14.5 Å². The molecule has 2 aliphatic heterocycles. The van der Waals surface area contributed by atoms with Gasteiger partial charge in [-0.2, -0.15) is 0 Å². The third kappa shape index (κ3) is 4.12. The Morgan fingerprint density at radius 2 is 2.28 bits per heavy atom. The number of carbonyl (C=O) groups is 3. The van der Waals surface area contributed by atoms with Gasteiger partial charge in [-0.15, -0.1) is 22.0 Å². The summed E-state index contributed by atoms with van der Waals surface area (Å²) in [4.78, 5) is 37.9. The minimum absolute atomic E-state index is 0.150. The molecule has 158 valence electrons. The van der Waals surface area contributed by atoms with Crippen molar-refractivity contribution >= 4 is 52.5 Å². The number of carboxylic acid groups (broad SMARTS) is 1. The van der Waals surface area contributed by atoms with Crippen molar-refractivity contribution in [3.63, 3.8) is 0 Å². The smallest absolute Gasteiger partial charge is 0.352 e. The lowest BCUT2D eigenvalue weighted by molar-refractivity contribution is -0.192. The van der Waals surface area contributed by atoms with Crippen LogP contribution in [0.5, 0.6) is 0 Å². The van der Waals surface area contributed by atoms with Crippen LogP contribution in [0.25, 0.3) is 0 Å². The van der Waals surface area contributed by atoms with E-state index in [2.05, 4.69) is 15.5 Å². The van der Waals surface area contributed by atoms with Gasteiger partial charge in [-0.25, -0.2) is 4.79 Å². The molecule has 1 fully saturated rings. The highest BCUT2D eigenvalue weighted by atomic mass is 32.2. The van der Waals surface area contributed by atoms with Gasteiger partial charge in [0.1, 0.15) is 11.1 Å². The lowest BCUT2D eigenvalue weighted by Gasteiger charge is -2.55. The Labute approximate surface area is 177 Å². The van der Waals surface area contributed by atoms with Crippen molar-refractivity contribution in [1.82, 2.24) is 20.4 Å². The van der Waals surface area contributed by atoms with Crippen LogP contribution in [0.4, 0.5) is 0 Å². The van der Waals surface area contributed by atoms with Crippen molar-refractivity contribution in [2.24, 2.45) is 0 Å². The van der Waals surface area contributed by atoms with E-state index in [9.17, 15) is 24.0 Å². The number of aliphatic carboxylic acids is 1. The monoisotopic (exact) mass is 462 g/mol. The first-order valence-corrected chi connectivity index (χ1v) is 12.0.